The van der Waals surface area contributed by atoms with E-state index in [-0.39, 0.29) is 0 Å². The molecular weight excluding hydrogens is 158 g/mol. The summed E-state index contributed by atoms with van der Waals surface area (Å²) in [6.07, 6.45) is 3.04. The van der Waals surface area contributed by atoms with Crippen LogP contribution in [0.2, 0.25) is 0 Å². The molecule has 0 unspecified atom stereocenters. The lowest BCUT2D eigenvalue weighted by Gasteiger charge is -2.08. The van der Waals surface area contributed by atoms with Gasteiger partial charge in [-0.05, 0) is 31.0 Å². The predicted octanol–water partition coefficient (Wildman–Crippen LogP) is 3.46. The van der Waals surface area contributed by atoms with Crippen LogP contribution in [0, 0.1) is 6.92 Å². The molecule has 0 saturated carbocycles. The Bertz CT molecular complexity index is 289. The second kappa shape index (κ2) is 4.70. The van der Waals surface area contributed by atoms with Crippen molar-refractivity contribution in [2.45, 2.75) is 20.3 Å². The van der Waals surface area contributed by atoms with Gasteiger partial charge in [0.15, 0.2) is 0 Å². The Labute approximate surface area is 80.5 Å². The second-order valence-corrected chi connectivity index (χ2v) is 3.22. The highest BCUT2D eigenvalue weighted by molar-refractivity contribution is 5.66. The first kappa shape index (κ1) is 9.85. The third-order valence-electron chi connectivity index (χ3n) is 1.99. The van der Waals surface area contributed by atoms with Gasteiger partial charge in [0.2, 0.25) is 0 Å². The van der Waals surface area contributed by atoms with E-state index >= 15 is 0 Å². The van der Waals surface area contributed by atoms with E-state index in [0.29, 0.717) is 0 Å². The Morgan fingerprint density at radius 1 is 1.46 bits per heavy atom. The molecule has 1 N–H and O–H groups in total. The van der Waals surface area contributed by atoms with Gasteiger partial charge in [0.25, 0.3) is 0 Å². The van der Waals surface area contributed by atoms with Gasteiger partial charge < -0.3 is 5.32 Å². The van der Waals surface area contributed by atoms with Crippen molar-refractivity contribution in [3.8, 4) is 0 Å². The standard InChI is InChI=1S/C12H17N/c1-4-8-13-12-7-6-10(3)9-11(12)5-2/h5-7,9,13H,2,4,8H2,1,3H3. The van der Waals surface area contributed by atoms with Gasteiger partial charge in [0.05, 0.1) is 0 Å². The van der Waals surface area contributed by atoms with E-state index in [1.165, 1.54) is 16.8 Å². The molecule has 0 saturated heterocycles. The van der Waals surface area contributed by atoms with Gasteiger partial charge in [0.1, 0.15) is 0 Å². The van der Waals surface area contributed by atoms with E-state index in [4.69, 9.17) is 0 Å². The number of hydrogen-bond donors (Lipinski definition) is 1. The minimum atomic E-state index is 1.02. The van der Waals surface area contributed by atoms with Crippen molar-refractivity contribution in [3.63, 3.8) is 0 Å². The maximum Gasteiger partial charge on any atom is 0.0413 e. The third kappa shape index (κ3) is 2.62. The lowest BCUT2D eigenvalue weighted by atomic mass is 10.1. The first-order chi connectivity index (χ1) is 6.27. The van der Waals surface area contributed by atoms with Crippen molar-refractivity contribution in [2.75, 3.05) is 11.9 Å². The monoisotopic (exact) mass is 175 g/mol. The Kier molecular flexibility index (Phi) is 3.56. The number of nitrogens with one attached hydrogen (secondary N) is 1. The maximum absolute atomic E-state index is 3.80. The highest BCUT2D eigenvalue weighted by atomic mass is 14.9. The molecule has 1 heteroatoms. The van der Waals surface area contributed by atoms with Crippen molar-refractivity contribution in [2.24, 2.45) is 0 Å². The summed E-state index contributed by atoms with van der Waals surface area (Å²) < 4.78 is 0. The van der Waals surface area contributed by atoms with Crippen LogP contribution in [0.15, 0.2) is 24.8 Å². The van der Waals surface area contributed by atoms with Gasteiger partial charge in [-0.1, -0.05) is 31.2 Å². The molecule has 0 aliphatic carbocycles. The number of aryl methyl sites for hydroxylation is 1. The largest absolute Gasteiger partial charge is 0.385 e. The van der Waals surface area contributed by atoms with E-state index in [0.717, 1.165) is 13.0 Å². The Hall–Kier alpha value is -1.24. The molecule has 1 aromatic carbocycles. The maximum atomic E-state index is 3.80. The van der Waals surface area contributed by atoms with Crippen LogP contribution in [0.1, 0.15) is 24.5 Å². The Morgan fingerprint density at radius 3 is 2.85 bits per heavy atom. The summed E-state index contributed by atoms with van der Waals surface area (Å²) in [5.74, 6) is 0. The molecule has 0 amide bonds. The van der Waals surface area contributed by atoms with Crippen molar-refractivity contribution in [1.29, 1.82) is 0 Å². The normalized spacial score (nSPS) is 9.69. The van der Waals surface area contributed by atoms with Gasteiger partial charge in [-0.15, -0.1) is 0 Å². The van der Waals surface area contributed by atoms with Crippen LogP contribution in [0.3, 0.4) is 0 Å². The quantitative estimate of drug-likeness (QED) is 0.739. The van der Waals surface area contributed by atoms with Crippen molar-refractivity contribution >= 4 is 11.8 Å². The molecule has 0 aliphatic heterocycles. The summed E-state index contributed by atoms with van der Waals surface area (Å²) in [5.41, 5.74) is 3.65. The van der Waals surface area contributed by atoms with Crippen molar-refractivity contribution in [3.05, 3.63) is 35.9 Å². The van der Waals surface area contributed by atoms with E-state index in [1.54, 1.807) is 0 Å². The molecule has 0 spiro atoms. The van der Waals surface area contributed by atoms with Crippen LogP contribution in [0.25, 0.3) is 6.08 Å². The summed E-state index contributed by atoms with van der Waals surface area (Å²) in [5, 5.41) is 3.37. The molecule has 1 aromatic rings. The van der Waals surface area contributed by atoms with Crippen LogP contribution in [-0.4, -0.2) is 6.54 Å². The fraction of sp³-hybridized carbons (Fsp3) is 0.333. The van der Waals surface area contributed by atoms with Gasteiger partial charge in [-0.2, -0.15) is 0 Å². The molecule has 0 fully saturated rings. The molecule has 13 heavy (non-hydrogen) atoms. The summed E-state index contributed by atoms with van der Waals surface area (Å²) >= 11 is 0. The zero-order valence-electron chi connectivity index (χ0n) is 8.43. The number of anilines is 1. The topological polar surface area (TPSA) is 12.0 Å². The molecule has 0 aliphatic rings. The molecular formula is C12H17N. The fourth-order valence-electron chi connectivity index (χ4n) is 1.27. The lowest BCUT2D eigenvalue weighted by molar-refractivity contribution is 0.979. The molecule has 70 valence electrons. The minimum Gasteiger partial charge on any atom is -0.385 e. The summed E-state index contributed by atoms with van der Waals surface area (Å²) in [4.78, 5) is 0. The molecule has 0 radical (unpaired) electrons. The first-order valence-electron chi connectivity index (χ1n) is 4.75. The SMILES string of the molecule is C=Cc1cc(C)ccc1NCCC. The highest BCUT2D eigenvalue weighted by Gasteiger charge is 1.97. The highest BCUT2D eigenvalue weighted by Crippen LogP contribution is 2.18. The zero-order valence-corrected chi connectivity index (χ0v) is 8.43. The summed E-state index contributed by atoms with van der Waals surface area (Å²) in [6, 6.07) is 6.37. The van der Waals surface area contributed by atoms with Crippen LogP contribution in [0.5, 0.6) is 0 Å². The number of rotatable bonds is 4. The lowest BCUT2D eigenvalue weighted by Crippen LogP contribution is -2.01. The fourth-order valence-corrected chi connectivity index (χ4v) is 1.27. The van der Waals surface area contributed by atoms with Crippen LogP contribution < -0.4 is 5.32 Å². The first-order valence-corrected chi connectivity index (χ1v) is 4.75. The van der Waals surface area contributed by atoms with E-state index < -0.39 is 0 Å². The third-order valence-corrected chi connectivity index (χ3v) is 1.99. The molecule has 0 atom stereocenters. The van der Waals surface area contributed by atoms with E-state index in [2.05, 4.69) is 43.9 Å². The van der Waals surface area contributed by atoms with Gasteiger partial charge in [-0.25, -0.2) is 0 Å². The predicted molar refractivity (Wildman–Crippen MR) is 60.1 cm³/mol. The molecule has 0 bridgehead atoms. The summed E-state index contributed by atoms with van der Waals surface area (Å²) in [7, 11) is 0. The minimum absolute atomic E-state index is 1.02. The number of benzene rings is 1. The van der Waals surface area contributed by atoms with Crippen molar-refractivity contribution in [1.82, 2.24) is 0 Å². The van der Waals surface area contributed by atoms with Crippen molar-refractivity contribution < 1.29 is 0 Å². The average Bonchev–Trinajstić information content (AvgIpc) is 2.16. The number of hydrogen-bond acceptors (Lipinski definition) is 1. The Balaban J connectivity index is 2.86. The van der Waals surface area contributed by atoms with Crippen LogP contribution in [-0.2, 0) is 0 Å². The van der Waals surface area contributed by atoms with Gasteiger partial charge >= 0.3 is 0 Å². The smallest absolute Gasteiger partial charge is 0.0413 e. The van der Waals surface area contributed by atoms with E-state index in [1.807, 2.05) is 6.08 Å². The van der Waals surface area contributed by atoms with Crippen LogP contribution in [0.4, 0.5) is 5.69 Å². The average molecular weight is 175 g/mol. The molecule has 0 aromatic heterocycles. The van der Waals surface area contributed by atoms with Gasteiger partial charge in [-0.3, -0.25) is 0 Å². The Morgan fingerprint density at radius 2 is 2.23 bits per heavy atom. The molecule has 0 heterocycles. The van der Waals surface area contributed by atoms with Gasteiger partial charge in [0, 0.05) is 12.2 Å². The molecule has 1 nitrogen and oxygen atoms in total. The van der Waals surface area contributed by atoms with Crippen LogP contribution >= 0.6 is 0 Å². The van der Waals surface area contributed by atoms with E-state index in [9.17, 15) is 0 Å². The second-order valence-electron chi connectivity index (χ2n) is 3.22. The zero-order chi connectivity index (χ0) is 9.68. The summed E-state index contributed by atoms with van der Waals surface area (Å²) in [6.45, 7) is 9.07. The molecule has 1 rings (SSSR count).